The molecule has 1 aliphatic rings. The van der Waals surface area contributed by atoms with E-state index in [-0.39, 0.29) is 17.5 Å². The molecule has 0 N–H and O–H groups in total. The molecule has 1 aliphatic carbocycles. The summed E-state index contributed by atoms with van der Waals surface area (Å²) < 4.78 is 33.2. The van der Waals surface area contributed by atoms with E-state index in [0.29, 0.717) is 18.0 Å². The van der Waals surface area contributed by atoms with E-state index in [1.165, 1.54) is 24.3 Å². The third-order valence-electron chi connectivity index (χ3n) is 4.91. The van der Waals surface area contributed by atoms with E-state index in [1.54, 1.807) is 11.2 Å². The van der Waals surface area contributed by atoms with Crippen LogP contribution < -0.4 is 0 Å². The maximum atomic E-state index is 13.3. The van der Waals surface area contributed by atoms with E-state index in [4.69, 9.17) is 4.74 Å². The molecule has 2 aromatic rings. The first kappa shape index (κ1) is 19.6. The highest BCUT2D eigenvalue weighted by Crippen LogP contribution is 2.37. The van der Waals surface area contributed by atoms with Gasteiger partial charge in [0, 0.05) is 12.6 Å². The zero-order valence-electron chi connectivity index (χ0n) is 15.7. The molecule has 6 heteroatoms. The maximum Gasteiger partial charge on any atom is 0.338 e. The number of rotatable bonds is 8. The van der Waals surface area contributed by atoms with Gasteiger partial charge in [0.05, 0.1) is 17.1 Å². The summed E-state index contributed by atoms with van der Waals surface area (Å²) in [5.74, 6) is -0.0452. The summed E-state index contributed by atoms with van der Waals surface area (Å²) in [6, 6.07) is 15.5. The van der Waals surface area contributed by atoms with Gasteiger partial charge in [-0.2, -0.15) is 4.31 Å². The van der Waals surface area contributed by atoms with Crippen LogP contribution in [0, 0.1) is 5.92 Å². The summed E-state index contributed by atoms with van der Waals surface area (Å²) in [7, 11) is -3.68. The van der Waals surface area contributed by atoms with Gasteiger partial charge in [0.1, 0.15) is 0 Å². The second-order valence-electron chi connectivity index (χ2n) is 6.86. The molecule has 2 aromatic carbocycles. The fourth-order valence-corrected chi connectivity index (χ4v) is 4.82. The van der Waals surface area contributed by atoms with Crippen molar-refractivity contribution in [2.75, 3.05) is 6.61 Å². The summed E-state index contributed by atoms with van der Waals surface area (Å²) in [6.07, 6.45) is 2.12. The van der Waals surface area contributed by atoms with Crippen LogP contribution in [0.5, 0.6) is 0 Å². The standard InChI is InChI=1S/C21H25NO4S/c1-3-26-21(23)19-11-13-20(14-12-19)27(24,25)22(16(2)18-9-10-18)15-17-7-5-4-6-8-17/h4-8,11-14,16,18H,3,9-10,15H2,1-2H3. The van der Waals surface area contributed by atoms with Gasteiger partial charge in [0.15, 0.2) is 0 Å². The van der Waals surface area contributed by atoms with Crippen LogP contribution in [0.15, 0.2) is 59.5 Å². The molecule has 0 bridgehead atoms. The Kier molecular flexibility index (Phi) is 5.97. The average molecular weight is 388 g/mol. The van der Waals surface area contributed by atoms with Gasteiger partial charge in [-0.05, 0) is 62.4 Å². The molecule has 1 fully saturated rings. The fourth-order valence-electron chi connectivity index (χ4n) is 3.14. The minimum atomic E-state index is -3.68. The molecule has 0 aliphatic heterocycles. The van der Waals surface area contributed by atoms with Gasteiger partial charge in [0.25, 0.3) is 0 Å². The fraction of sp³-hybridized carbons (Fsp3) is 0.381. The van der Waals surface area contributed by atoms with Gasteiger partial charge in [-0.3, -0.25) is 0 Å². The number of benzene rings is 2. The Bertz CT molecular complexity index is 874. The first-order valence-electron chi connectivity index (χ1n) is 9.26. The number of hydrogen-bond donors (Lipinski definition) is 0. The van der Waals surface area contributed by atoms with Gasteiger partial charge >= 0.3 is 5.97 Å². The maximum absolute atomic E-state index is 13.3. The lowest BCUT2D eigenvalue weighted by Crippen LogP contribution is -2.39. The molecule has 5 nitrogen and oxygen atoms in total. The molecule has 144 valence electrons. The third kappa shape index (κ3) is 4.57. The van der Waals surface area contributed by atoms with Gasteiger partial charge in [0.2, 0.25) is 10.0 Å². The number of sulfonamides is 1. The van der Waals surface area contributed by atoms with Crippen LogP contribution in [0.3, 0.4) is 0 Å². The molecule has 1 unspecified atom stereocenters. The summed E-state index contributed by atoms with van der Waals surface area (Å²) in [5.41, 5.74) is 1.30. The summed E-state index contributed by atoms with van der Waals surface area (Å²) in [5, 5.41) is 0. The van der Waals surface area contributed by atoms with Crippen molar-refractivity contribution in [1.82, 2.24) is 4.31 Å². The Morgan fingerprint density at radius 2 is 1.74 bits per heavy atom. The number of nitrogens with zero attached hydrogens (tertiary/aromatic N) is 1. The quantitative estimate of drug-likeness (QED) is 0.646. The van der Waals surface area contributed by atoms with Gasteiger partial charge in [-0.25, -0.2) is 13.2 Å². The molecular weight excluding hydrogens is 362 g/mol. The molecule has 3 rings (SSSR count). The second-order valence-corrected chi connectivity index (χ2v) is 8.75. The SMILES string of the molecule is CCOC(=O)c1ccc(S(=O)(=O)N(Cc2ccccc2)C(C)C2CC2)cc1. The highest BCUT2D eigenvalue weighted by Gasteiger charge is 2.38. The van der Waals surface area contributed by atoms with Crippen molar-refractivity contribution < 1.29 is 17.9 Å². The van der Waals surface area contributed by atoms with Crippen molar-refractivity contribution in [3.63, 3.8) is 0 Å². The van der Waals surface area contributed by atoms with Crippen molar-refractivity contribution in [1.29, 1.82) is 0 Å². The lowest BCUT2D eigenvalue weighted by atomic mass is 10.2. The summed E-state index contributed by atoms with van der Waals surface area (Å²) >= 11 is 0. The van der Waals surface area contributed by atoms with Crippen molar-refractivity contribution in [2.45, 2.75) is 44.2 Å². The highest BCUT2D eigenvalue weighted by molar-refractivity contribution is 7.89. The Morgan fingerprint density at radius 1 is 1.11 bits per heavy atom. The first-order valence-corrected chi connectivity index (χ1v) is 10.7. The van der Waals surface area contributed by atoms with E-state index in [9.17, 15) is 13.2 Å². The smallest absolute Gasteiger partial charge is 0.338 e. The number of esters is 1. The van der Waals surface area contributed by atoms with Crippen LogP contribution in [0.4, 0.5) is 0 Å². The minimum Gasteiger partial charge on any atom is -0.462 e. The van der Waals surface area contributed by atoms with Crippen LogP contribution in [-0.4, -0.2) is 31.3 Å². The predicted molar refractivity (Wildman–Crippen MR) is 104 cm³/mol. The topological polar surface area (TPSA) is 63.7 Å². The Balaban J connectivity index is 1.88. The van der Waals surface area contributed by atoms with E-state index < -0.39 is 16.0 Å². The number of carbonyl (C=O) groups excluding carboxylic acids is 1. The Morgan fingerprint density at radius 3 is 2.30 bits per heavy atom. The molecule has 1 atom stereocenters. The molecule has 0 amide bonds. The van der Waals surface area contributed by atoms with E-state index in [1.807, 2.05) is 37.3 Å². The minimum absolute atomic E-state index is 0.0695. The molecule has 1 saturated carbocycles. The summed E-state index contributed by atoms with van der Waals surface area (Å²) in [4.78, 5) is 12.0. The van der Waals surface area contributed by atoms with Crippen LogP contribution >= 0.6 is 0 Å². The predicted octanol–water partition coefficient (Wildman–Crippen LogP) is 3.85. The molecule has 0 spiro atoms. The van der Waals surface area contributed by atoms with E-state index in [2.05, 4.69) is 0 Å². The first-order chi connectivity index (χ1) is 12.9. The normalized spacial score (nSPS) is 15.5. The van der Waals surface area contributed by atoms with Gasteiger partial charge in [-0.15, -0.1) is 0 Å². The number of carbonyl (C=O) groups is 1. The van der Waals surface area contributed by atoms with E-state index >= 15 is 0 Å². The molecule has 0 saturated heterocycles. The van der Waals surface area contributed by atoms with Crippen molar-refractivity contribution >= 4 is 16.0 Å². The van der Waals surface area contributed by atoms with Crippen LogP contribution in [0.2, 0.25) is 0 Å². The van der Waals surface area contributed by atoms with Crippen LogP contribution in [0.1, 0.15) is 42.6 Å². The van der Waals surface area contributed by atoms with Crippen molar-refractivity contribution in [3.8, 4) is 0 Å². The summed E-state index contributed by atoms with van der Waals surface area (Å²) in [6.45, 7) is 4.33. The third-order valence-corrected chi connectivity index (χ3v) is 6.86. The lowest BCUT2D eigenvalue weighted by Gasteiger charge is -2.28. The van der Waals surface area contributed by atoms with Crippen molar-refractivity contribution in [2.24, 2.45) is 5.92 Å². The number of hydrogen-bond acceptors (Lipinski definition) is 4. The van der Waals surface area contributed by atoms with Crippen LogP contribution in [0.25, 0.3) is 0 Å². The average Bonchev–Trinajstić information content (AvgIpc) is 3.52. The van der Waals surface area contributed by atoms with Crippen molar-refractivity contribution in [3.05, 3.63) is 65.7 Å². The number of ether oxygens (including phenoxy) is 1. The molecule has 0 aromatic heterocycles. The largest absolute Gasteiger partial charge is 0.462 e. The molecule has 0 heterocycles. The van der Waals surface area contributed by atoms with Crippen LogP contribution in [-0.2, 0) is 21.3 Å². The lowest BCUT2D eigenvalue weighted by molar-refractivity contribution is 0.0526. The zero-order chi connectivity index (χ0) is 19.4. The Hall–Kier alpha value is -2.18. The highest BCUT2D eigenvalue weighted by atomic mass is 32.2. The molecular formula is C21H25NO4S. The molecule has 0 radical (unpaired) electrons. The molecule has 27 heavy (non-hydrogen) atoms. The second kappa shape index (κ2) is 8.23. The zero-order valence-corrected chi connectivity index (χ0v) is 16.5. The monoisotopic (exact) mass is 387 g/mol. The van der Waals surface area contributed by atoms with Gasteiger partial charge < -0.3 is 4.74 Å². The Labute approximate surface area is 161 Å². The van der Waals surface area contributed by atoms with E-state index in [0.717, 1.165) is 18.4 Å². The van der Waals surface area contributed by atoms with Gasteiger partial charge in [-0.1, -0.05) is 30.3 Å².